The second-order valence-electron chi connectivity index (χ2n) is 8.43. The number of carbonyl (C=O) groups excluding carboxylic acids is 1. The first kappa shape index (κ1) is 26.9. The molecule has 8 nitrogen and oxygen atoms in total. The number of aromatic nitrogens is 2. The van der Waals surface area contributed by atoms with E-state index in [0.717, 1.165) is 34.2 Å². The van der Waals surface area contributed by atoms with Gasteiger partial charge in [-0.1, -0.05) is 73.8 Å². The molecule has 0 spiro atoms. The highest BCUT2D eigenvalue weighted by molar-refractivity contribution is 8.21. The summed E-state index contributed by atoms with van der Waals surface area (Å²) in [5.41, 5.74) is 2.55. The van der Waals surface area contributed by atoms with Crippen LogP contribution in [0.3, 0.4) is 0 Å². The lowest BCUT2D eigenvalue weighted by Crippen LogP contribution is -2.29. The first-order chi connectivity index (χ1) is 17.3. The Hall–Kier alpha value is -3.69. The lowest BCUT2D eigenvalue weighted by molar-refractivity contribution is 0.102. The van der Waals surface area contributed by atoms with E-state index in [0.29, 0.717) is 23.8 Å². The number of nitrogens with zero attached hydrogens (tertiary/aromatic N) is 5. The van der Waals surface area contributed by atoms with Gasteiger partial charge in [0, 0.05) is 47.9 Å². The second-order valence-corrected chi connectivity index (χ2v) is 9.60. The average molecular weight is 504 g/mol. The molecule has 1 heterocycles. The molecule has 36 heavy (non-hydrogen) atoms. The molecule has 0 aliphatic carbocycles. The molecule has 9 heteroatoms. The highest BCUT2D eigenvalue weighted by Gasteiger charge is 2.17. The molecular weight excluding hydrogens is 470 g/mol. The molecule has 0 bridgehead atoms. The third-order valence-electron chi connectivity index (χ3n) is 5.41. The van der Waals surface area contributed by atoms with Crippen molar-refractivity contribution >= 4 is 39.1 Å². The van der Waals surface area contributed by atoms with Crippen LogP contribution in [-0.4, -0.2) is 60.1 Å². The molecule has 188 valence electrons. The fourth-order valence-corrected chi connectivity index (χ4v) is 4.11. The third-order valence-corrected chi connectivity index (χ3v) is 6.51. The number of anilines is 2. The summed E-state index contributed by atoms with van der Waals surface area (Å²) < 4.78 is 0. The molecule has 3 aromatic rings. The van der Waals surface area contributed by atoms with Crippen molar-refractivity contribution in [3.05, 3.63) is 78.5 Å². The Labute approximate surface area is 217 Å². The molecule has 0 radical (unpaired) electrons. The molecule has 3 rings (SSSR count). The lowest BCUT2D eigenvalue weighted by atomic mass is 10.1. The van der Waals surface area contributed by atoms with Gasteiger partial charge in [0.05, 0.1) is 5.04 Å². The minimum absolute atomic E-state index is 0.279. The van der Waals surface area contributed by atoms with E-state index in [2.05, 4.69) is 26.9 Å². The average Bonchev–Trinajstić information content (AvgIpc) is 2.90. The third kappa shape index (κ3) is 7.16. The maximum absolute atomic E-state index is 13.4. The summed E-state index contributed by atoms with van der Waals surface area (Å²) in [7, 11) is 6.01. The van der Waals surface area contributed by atoms with Gasteiger partial charge < -0.3 is 21.0 Å². The number of nitrogens with one attached hydrogen (secondary N) is 1. The second kappa shape index (κ2) is 12.9. The monoisotopic (exact) mass is 503 g/mol. The molecule has 0 fully saturated rings. The molecule has 0 atom stereocenters. The lowest BCUT2D eigenvalue weighted by Gasteiger charge is -2.21. The van der Waals surface area contributed by atoms with Gasteiger partial charge in [-0.3, -0.25) is 4.79 Å². The number of rotatable bonds is 10. The summed E-state index contributed by atoms with van der Waals surface area (Å²) in [6, 6.07) is 18.9. The summed E-state index contributed by atoms with van der Waals surface area (Å²) in [5.74, 6) is 6.32. The largest absolute Gasteiger partial charge is 0.358 e. The summed E-state index contributed by atoms with van der Waals surface area (Å²) in [4.78, 5) is 27.7. The van der Waals surface area contributed by atoms with Crippen molar-refractivity contribution in [2.75, 3.05) is 44.4 Å². The number of hydrogen-bond acceptors (Lipinski definition) is 8. The van der Waals surface area contributed by atoms with Gasteiger partial charge >= 0.3 is 0 Å². The number of likely N-dealkylation sites (N-methyl/N-ethyl adjacent to an activating group) is 2. The number of carbonyl (C=O) groups is 1. The van der Waals surface area contributed by atoms with Crippen molar-refractivity contribution in [1.82, 2.24) is 14.9 Å². The smallest absolute Gasteiger partial charge is 0.274 e. The van der Waals surface area contributed by atoms with E-state index in [9.17, 15) is 4.79 Å². The van der Waals surface area contributed by atoms with Crippen molar-refractivity contribution in [3.63, 3.8) is 0 Å². The number of nitrogens with two attached hydrogens (primary N) is 1. The van der Waals surface area contributed by atoms with Crippen LogP contribution in [0.5, 0.6) is 0 Å². The Morgan fingerprint density at radius 1 is 1.06 bits per heavy atom. The van der Waals surface area contributed by atoms with Crippen molar-refractivity contribution < 1.29 is 4.79 Å². The highest BCUT2D eigenvalue weighted by Crippen LogP contribution is 2.33. The zero-order chi connectivity index (χ0) is 26.1. The van der Waals surface area contributed by atoms with Crippen molar-refractivity contribution in [1.29, 1.82) is 0 Å². The minimum Gasteiger partial charge on any atom is -0.358 e. The van der Waals surface area contributed by atoms with Gasteiger partial charge in [0.1, 0.15) is 11.5 Å². The van der Waals surface area contributed by atoms with Crippen LogP contribution >= 0.6 is 11.8 Å². The van der Waals surface area contributed by atoms with Crippen LogP contribution in [0.15, 0.2) is 72.3 Å². The molecule has 0 aliphatic rings. The number of amides is 1. The topological polar surface area (TPSA) is 99.7 Å². The molecule has 3 N–H and O–H groups in total. The van der Waals surface area contributed by atoms with Gasteiger partial charge in [-0.25, -0.2) is 9.97 Å². The van der Waals surface area contributed by atoms with E-state index < -0.39 is 0 Å². The van der Waals surface area contributed by atoms with Crippen molar-refractivity contribution in [2.45, 2.75) is 13.3 Å². The van der Waals surface area contributed by atoms with Crippen LogP contribution in [0, 0.1) is 0 Å². The normalized spacial score (nSPS) is 11.4. The summed E-state index contributed by atoms with van der Waals surface area (Å²) in [6.07, 6.45) is 0.696. The predicted molar refractivity (Wildman–Crippen MR) is 152 cm³/mol. The Balaban J connectivity index is 1.94. The number of para-hydroxylation sites is 1. The fraction of sp³-hybridized carbons (Fsp3) is 0.259. The minimum atomic E-state index is -0.328. The number of hydrazone groups is 1. The van der Waals surface area contributed by atoms with Crippen LogP contribution in [0.2, 0.25) is 0 Å². The van der Waals surface area contributed by atoms with E-state index in [-0.39, 0.29) is 11.6 Å². The van der Waals surface area contributed by atoms with E-state index in [1.807, 2.05) is 87.6 Å². The SMILES string of the molecule is C=C(S/C(CC)=N\N)c1ccccc1NC(=O)c1cc(N(C)CCN(C)C)nc(-c2ccccc2)n1. The van der Waals surface area contributed by atoms with Gasteiger partial charge in [-0.05, 0) is 26.6 Å². The van der Waals surface area contributed by atoms with Gasteiger partial charge in [-0.15, -0.1) is 0 Å². The number of hydrogen-bond donors (Lipinski definition) is 2. The van der Waals surface area contributed by atoms with Gasteiger partial charge in [-0.2, -0.15) is 5.10 Å². The maximum atomic E-state index is 13.4. The molecule has 2 aromatic carbocycles. The molecule has 0 unspecified atom stereocenters. The van der Waals surface area contributed by atoms with Crippen LogP contribution < -0.4 is 16.1 Å². The molecule has 1 aromatic heterocycles. The predicted octanol–water partition coefficient (Wildman–Crippen LogP) is 4.78. The van der Waals surface area contributed by atoms with Gasteiger partial charge in [0.2, 0.25) is 0 Å². The Morgan fingerprint density at radius 3 is 2.42 bits per heavy atom. The fourth-order valence-electron chi connectivity index (χ4n) is 3.34. The Morgan fingerprint density at radius 2 is 1.75 bits per heavy atom. The van der Waals surface area contributed by atoms with E-state index in [4.69, 9.17) is 10.8 Å². The maximum Gasteiger partial charge on any atom is 0.274 e. The molecule has 0 aliphatic heterocycles. The first-order valence-electron chi connectivity index (χ1n) is 11.7. The summed E-state index contributed by atoms with van der Waals surface area (Å²) in [5, 5.41) is 7.58. The summed E-state index contributed by atoms with van der Waals surface area (Å²) in [6.45, 7) is 7.75. The van der Waals surface area contributed by atoms with Gasteiger partial charge in [0.25, 0.3) is 5.91 Å². The summed E-state index contributed by atoms with van der Waals surface area (Å²) >= 11 is 1.39. The molecule has 0 saturated heterocycles. The standard InChI is InChI=1S/C27H33N7OS/c1-6-25(32-28)36-19(2)21-14-10-11-15-22(21)30-27(35)23-18-24(34(5)17-16-33(3)4)31-26(29-23)20-12-8-7-9-13-20/h7-15,18H,2,6,16-17,28H2,1,3-5H3,(H,30,35)/b32-25-. The van der Waals surface area contributed by atoms with E-state index in [1.165, 1.54) is 11.8 Å². The van der Waals surface area contributed by atoms with Crippen molar-refractivity contribution in [2.24, 2.45) is 10.9 Å². The zero-order valence-corrected chi connectivity index (χ0v) is 22.0. The van der Waals surface area contributed by atoms with E-state index in [1.54, 1.807) is 6.07 Å². The van der Waals surface area contributed by atoms with Crippen LogP contribution in [0.1, 0.15) is 29.4 Å². The van der Waals surface area contributed by atoms with E-state index >= 15 is 0 Å². The van der Waals surface area contributed by atoms with Gasteiger partial charge in [0.15, 0.2) is 5.82 Å². The molecule has 1 amide bonds. The van der Waals surface area contributed by atoms with Crippen LogP contribution in [-0.2, 0) is 0 Å². The first-order valence-corrected chi connectivity index (χ1v) is 12.5. The van der Waals surface area contributed by atoms with Crippen LogP contribution in [0.4, 0.5) is 11.5 Å². The quantitative estimate of drug-likeness (QED) is 0.178. The number of benzene rings is 2. The van der Waals surface area contributed by atoms with Crippen molar-refractivity contribution in [3.8, 4) is 11.4 Å². The Kier molecular flexibility index (Phi) is 9.61. The molecule has 0 saturated carbocycles. The highest BCUT2D eigenvalue weighted by atomic mass is 32.2. The Bertz CT molecular complexity index is 1230. The number of thioether (sulfide) groups is 1. The molecular formula is C27H33N7OS. The van der Waals surface area contributed by atoms with Crippen LogP contribution in [0.25, 0.3) is 16.3 Å². The zero-order valence-electron chi connectivity index (χ0n) is 21.2.